The highest BCUT2D eigenvalue weighted by molar-refractivity contribution is 5.93. The fourth-order valence-corrected chi connectivity index (χ4v) is 2.74. The summed E-state index contributed by atoms with van der Waals surface area (Å²) in [7, 11) is 1.77. The lowest BCUT2D eigenvalue weighted by molar-refractivity contribution is 0.0396. The van der Waals surface area contributed by atoms with Gasteiger partial charge in [0.05, 0.1) is 5.60 Å². The Labute approximate surface area is 123 Å². The van der Waals surface area contributed by atoms with Crippen molar-refractivity contribution in [3.63, 3.8) is 0 Å². The van der Waals surface area contributed by atoms with Gasteiger partial charge in [0.25, 0.3) is 5.91 Å². The Hall–Kier alpha value is -1.63. The van der Waals surface area contributed by atoms with Crippen molar-refractivity contribution in [2.75, 3.05) is 26.8 Å². The van der Waals surface area contributed by atoms with Gasteiger partial charge in [-0.1, -0.05) is 6.07 Å². The minimum absolute atomic E-state index is 0.0290. The van der Waals surface area contributed by atoms with E-state index in [4.69, 9.17) is 14.7 Å². The van der Waals surface area contributed by atoms with Gasteiger partial charge >= 0.3 is 0 Å². The first-order valence-corrected chi connectivity index (χ1v) is 7.13. The number of ether oxygens (including phenoxy) is 2. The van der Waals surface area contributed by atoms with Crippen molar-refractivity contribution >= 4 is 5.91 Å². The summed E-state index contributed by atoms with van der Waals surface area (Å²) >= 11 is 0. The maximum Gasteiger partial charge on any atom is 0.274 e. The number of nitrogens with one attached hydrogen (secondary N) is 1. The summed E-state index contributed by atoms with van der Waals surface area (Å²) in [4.78, 5) is 13.8. The van der Waals surface area contributed by atoms with E-state index in [1.807, 2.05) is 6.07 Å². The molecular weight excluding hydrogens is 272 g/mol. The third-order valence-electron chi connectivity index (χ3n) is 4.24. The van der Waals surface area contributed by atoms with E-state index in [-0.39, 0.29) is 5.60 Å². The molecule has 6 nitrogen and oxygen atoms in total. The second-order valence-corrected chi connectivity index (χ2v) is 5.71. The topological polar surface area (TPSA) is 71.0 Å². The van der Waals surface area contributed by atoms with Gasteiger partial charge in [0.1, 0.15) is 12.4 Å². The van der Waals surface area contributed by atoms with E-state index in [2.05, 4.69) is 4.90 Å². The number of nitrogens with zero attached hydrogens (tertiary/aromatic N) is 1. The first-order valence-electron chi connectivity index (χ1n) is 7.13. The maximum atomic E-state index is 11.4. The summed E-state index contributed by atoms with van der Waals surface area (Å²) in [5, 5.41) is 8.69. The zero-order valence-electron chi connectivity index (χ0n) is 12.1. The number of benzene rings is 1. The first-order chi connectivity index (χ1) is 10.2. The molecule has 0 unspecified atom stereocenters. The van der Waals surface area contributed by atoms with Crippen LogP contribution in [0.4, 0.5) is 0 Å². The quantitative estimate of drug-likeness (QED) is 0.644. The lowest BCUT2D eigenvalue weighted by Gasteiger charge is -2.24. The normalized spacial score (nSPS) is 20.1. The second-order valence-electron chi connectivity index (χ2n) is 5.71. The molecule has 1 heterocycles. The van der Waals surface area contributed by atoms with Crippen molar-refractivity contribution in [3.05, 3.63) is 29.3 Å². The number of carbonyl (C=O) groups excluding carboxylic acids is 1. The van der Waals surface area contributed by atoms with E-state index in [1.54, 1.807) is 24.7 Å². The Bertz CT molecular complexity index is 542. The van der Waals surface area contributed by atoms with Gasteiger partial charge in [0, 0.05) is 37.9 Å². The predicted molar refractivity (Wildman–Crippen MR) is 75.4 cm³/mol. The number of rotatable bonds is 4. The van der Waals surface area contributed by atoms with Crippen LogP contribution < -0.4 is 10.2 Å². The number of hydrogen-bond donors (Lipinski definition) is 2. The van der Waals surface area contributed by atoms with Gasteiger partial charge in [0.15, 0.2) is 0 Å². The van der Waals surface area contributed by atoms with Crippen LogP contribution in [0.5, 0.6) is 5.75 Å². The summed E-state index contributed by atoms with van der Waals surface area (Å²) in [6.07, 6.45) is 2.23. The molecule has 21 heavy (non-hydrogen) atoms. The van der Waals surface area contributed by atoms with Crippen LogP contribution in [0.2, 0.25) is 0 Å². The van der Waals surface area contributed by atoms with Crippen molar-refractivity contribution in [1.29, 1.82) is 0 Å². The molecular formula is C15H20N2O4. The average molecular weight is 292 g/mol. The SMILES string of the molecule is COC1(CN2CCOc3cc(C(=O)NO)ccc3C2)CC1. The van der Waals surface area contributed by atoms with Crippen LogP contribution in [0.1, 0.15) is 28.8 Å². The van der Waals surface area contributed by atoms with Crippen LogP contribution in [0, 0.1) is 0 Å². The third kappa shape index (κ3) is 3.02. The highest BCUT2D eigenvalue weighted by atomic mass is 16.5. The molecule has 0 radical (unpaired) electrons. The monoisotopic (exact) mass is 292 g/mol. The zero-order valence-corrected chi connectivity index (χ0v) is 12.1. The molecule has 6 heteroatoms. The van der Waals surface area contributed by atoms with Crippen LogP contribution in [-0.2, 0) is 11.3 Å². The van der Waals surface area contributed by atoms with E-state index < -0.39 is 5.91 Å². The van der Waals surface area contributed by atoms with Crippen molar-refractivity contribution < 1.29 is 19.5 Å². The van der Waals surface area contributed by atoms with E-state index >= 15 is 0 Å². The molecule has 1 saturated carbocycles. The maximum absolute atomic E-state index is 11.4. The van der Waals surface area contributed by atoms with Crippen molar-refractivity contribution in [2.24, 2.45) is 0 Å². The molecule has 114 valence electrons. The third-order valence-corrected chi connectivity index (χ3v) is 4.24. The van der Waals surface area contributed by atoms with Gasteiger partial charge in [-0.05, 0) is 25.0 Å². The van der Waals surface area contributed by atoms with E-state index in [0.29, 0.717) is 17.9 Å². The van der Waals surface area contributed by atoms with Gasteiger partial charge < -0.3 is 9.47 Å². The van der Waals surface area contributed by atoms with Crippen molar-refractivity contribution in [1.82, 2.24) is 10.4 Å². The minimum Gasteiger partial charge on any atom is -0.492 e. The number of hydroxylamine groups is 1. The number of fused-ring (bicyclic) bond motifs is 1. The molecule has 2 N–H and O–H groups in total. The van der Waals surface area contributed by atoms with Gasteiger partial charge in [-0.25, -0.2) is 5.48 Å². The molecule has 1 fully saturated rings. The molecule has 0 atom stereocenters. The van der Waals surface area contributed by atoms with Gasteiger partial charge in [-0.3, -0.25) is 14.9 Å². The van der Waals surface area contributed by atoms with E-state index in [9.17, 15) is 4.79 Å². The predicted octanol–water partition coefficient (Wildman–Crippen LogP) is 1.18. The zero-order chi connectivity index (χ0) is 14.9. The second kappa shape index (κ2) is 5.63. The lowest BCUT2D eigenvalue weighted by atomic mass is 10.1. The smallest absolute Gasteiger partial charge is 0.274 e. The number of hydrogen-bond acceptors (Lipinski definition) is 5. The van der Waals surface area contributed by atoms with Crippen LogP contribution in [-0.4, -0.2) is 48.4 Å². The molecule has 0 spiro atoms. The molecule has 1 aliphatic heterocycles. The highest BCUT2D eigenvalue weighted by Gasteiger charge is 2.44. The summed E-state index contributed by atoms with van der Waals surface area (Å²) in [5.41, 5.74) is 3.11. The van der Waals surface area contributed by atoms with Crippen molar-refractivity contribution in [2.45, 2.75) is 25.0 Å². The number of methoxy groups -OCH3 is 1. The molecule has 1 aliphatic carbocycles. The minimum atomic E-state index is -0.529. The van der Waals surface area contributed by atoms with E-state index in [1.165, 1.54) is 0 Å². The van der Waals surface area contributed by atoms with Crippen LogP contribution >= 0.6 is 0 Å². The van der Waals surface area contributed by atoms with Crippen LogP contribution in [0.25, 0.3) is 0 Å². The molecule has 0 bridgehead atoms. The van der Waals surface area contributed by atoms with E-state index in [0.717, 1.165) is 38.0 Å². The van der Waals surface area contributed by atoms with Crippen molar-refractivity contribution in [3.8, 4) is 5.75 Å². The number of amides is 1. The summed E-state index contributed by atoms with van der Waals surface area (Å²) in [5.74, 6) is 0.180. The summed E-state index contributed by atoms with van der Waals surface area (Å²) < 4.78 is 11.3. The molecule has 1 amide bonds. The molecule has 0 aromatic heterocycles. The van der Waals surface area contributed by atoms with Gasteiger partial charge in [-0.2, -0.15) is 0 Å². The molecule has 3 rings (SSSR count). The Morgan fingerprint density at radius 2 is 2.33 bits per heavy atom. The van der Waals surface area contributed by atoms with Crippen LogP contribution in [0.15, 0.2) is 18.2 Å². The first kappa shape index (κ1) is 14.3. The summed E-state index contributed by atoms with van der Waals surface area (Å²) in [6.45, 7) is 3.10. The molecule has 1 aromatic carbocycles. The van der Waals surface area contributed by atoms with Crippen LogP contribution in [0.3, 0.4) is 0 Å². The molecule has 2 aliphatic rings. The molecule has 0 saturated heterocycles. The Balaban J connectivity index is 1.75. The highest BCUT2D eigenvalue weighted by Crippen LogP contribution is 2.40. The standard InChI is InChI=1S/C15H20N2O4/c1-20-15(4-5-15)10-17-6-7-21-13-8-11(14(18)16-19)2-3-12(13)9-17/h2-3,8,19H,4-7,9-10H2,1H3,(H,16,18). The fourth-order valence-electron chi connectivity index (χ4n) is 2.74. The van der Waals surface area contributed by atoms with Gasteiger partial charge in [0.2, 0.25) is 0 Å². The summed E-state index contributed by atoms with van der Waals surface area (Å²) in [6, 6.07) is 5.25. The Morgan fingerprint density at radius 1 is 1.52 bits per heavy atom. The van der Waals surface area contributed by atoms with Gasteiger partial charge in [-0.15, -0.1) is 0 Å². The lowest BCUT2D eigenvalue weighted by Crippen LogP contribution is -2.35. The molecule has 1 aromatic rings. The Kier molecular flexibility index (Phi) is 3.84. The number of carbonyl (C=O) groups is 1. The largest absolute Gasteiger partial charge is 0.492 e. The fraction of sp³-hybridized carbons (Fsp3) is 0.533. The average Bonchev–Trinajstić information content (AvgIpc) is 3.30. The Morgan fingerprint density at radius 3 is 3.00 bits per heavy atom.